The number of benzene rings is 1. The standard InChI is InChI=1S/C17H27NO3/c1-13(18-12-17(2)8-5-9-21-17)14-6-7-16(20-4)15(10-14)11-19-3/h6-7,10,13,18H,5,8-9,11-12H2,1-4H3. The van der Waals surface area contributed by atoms with Crippen LogP contribution in [0.4, 0.5) is 0 Å². The fraction of sp³-hybridized carbons (Fsp3) is 0.647. The summed E-state index contributed by atoms with van der Waals surface area (Å²) in [4.78, 5) is 0. The van der Waals surface area contributed by atoms with E-state index in [1.807, 2.05) is 6.07 Å². The van der Waals surface area contributed by atoms with Crippen molar-refractivity contribution in [3.63, 3.8) is 0 Å². The maximum absolute atomic E-state index is 5.82. The Balaban J connectivity index is 2.01. The van der Waals surface area contributed by atoms with Crippen LogP contribution in [0, 0.1) is 0 Å². The Morgan fingerprint density at radius 1 is 1.38 bits per heavy atom. The lowest BCUT2D eigenvalue weighted by molar-refractivity contribution is 0.0191. The van der Waals surface area contributed by atoms with Crippen molar-refractivity contribution in [2.45, 2.75) is 44.9 Å². The summed E-state index contributed by atoms with van der Waals surface area (Å²) < 4.78 is 16.4. The van der Waals surface area contributed by atoms with E-state index in [0.29, 0.717) is 6.61 Å². The van der Waals surface area contributed by atoms with E-state index in [1.165, 1.54) is 5.56 Å². The van der Waals surface area contributed by atoms with Gasteiger partial charge in [-0.3, -0.25) is 0 Å². The highest BCUT2D eigenvalue weighted by Gasteiger charge is 2.29. The Morgan fingerprint density at radius 3 is 2.81 bits per heavy atom. The van der Waals surface area contributed by atoms with Gasteiger partial charge in [0.05, 0.1) is 19.3 Å². The quantitative estimate of drug-likeness (QED) is 0.838. The third-order valence-electron chi connectivity index (χ3n) is 4.19. The highest BCUT2D eigenvalue weighted by Crippen LogP contribution is 2.27. The average Bonchev–Trinajstić information content (AvgIpc) is 2.92. The van der Waals surface area contributed by atoms with Crippen molar-refractivity contribution in [3.8, 4) is 5.75 Å². The molecule has 0 spiro atoms. The normalized spacial score (nSPS) is 23.2. The van der Waals surface area contributed by atoms with Crippen molar-refractivity contribution >= 4 is 0 Å². The van der Waals surface area contributed by atoms with Crippen LogP contribution in [0.5, 0.6) is 5.75 Å². The lowest BCUT2D eigenvalue weighted by atomic mass is 10.0. The molecule has 1 aromatic carbocycles. The highest BCUT2D eigenvalue weighted by molar-refractivity contribution is 5.38. The van der Waals surface area contributed by atoms with Gasteiger partial charge in [-0.2, -0.15) is 0 Å². The van der Waals surface area contributed by atoms with Crippen LogP contribution in [0.3, 0.4) is 0 Å². The lowest BCUT2D eigenvalue weighted by Gasteiger charge is -2.26. The fourth-order valence-electron chi connectivity index (χ4n) is 2.80. The van der Waals surface area contributed by atoms with Crippen LogP contribution in [0.25, 0.3) is 0 Å². The molecule has 1 aliphatic heterocycles. The van der Waals surface area contributed by atoms with Crippen LogP contribution in [0.2, 0.25) is 0 Å². The Labute approximate surface area is 127 Å². The van der Waals surface area contributed by atoms with Crippen molar-refractivity contribution in [1.29, 1.82) is 0 Å². The van der Waals surface area contributed by atoms with Crippen LogP contribution in [0.1, 0.15) is 43.9 Å². The van der Waals surface area contributed by atoms with Crippen molar-refractivity contribution in [3.05, 3.63) is 29.3 Å². The monoisotopic (exact) mass is 293 g/mol. The molecular weight excluding hydrogens is 266 g/mol. The molecule has 1 fully saturated rings. The third-order valence-corrected chi connectivity index (χ3v) is 4.19. The van der Waals surface area contributed by atoms with E-state index in [0.717, 1.165) is 37.3 Å². The summed E-state index contributed by atoms with van der Waals surface area (Å²) in [5.74, 6) is 0.874. The summed E-state index contributed by atoms with van der Waals surface area (Å²) in [6, 6.07) is 6.54. The second-order valence-corrected chi connectivity index (χ2v) is 6.01. The molecule has 4 nitrogen and oxygen atoms in total. The molecule has 1 aliphatic rings. The Hall–Kier alpha value is -1.10. The SMILES string of the molecule is COCc1cc(C(C)NCC2(C)CCCO2)ccc1OC. The maximum atomic E-state index is 5.82. The fourth-order valence-corrected chi connectivity index (χ4v) is 2.80. The van der Waals surface area contributed by atoms with Crippen LogP contribution < -0.4 is 10.1 Å². The molecule has 0 aliphatic carbocycles. The number of ether oxygens (including phenoxy) is 3. The second-order valence-electron chi connectivity index (χ2n) is 6.01. The van der Waals surface area contributed by atoms with E-state index in [-0.39, 0.29) is 11.6 Å². The Morgan fingerprint density at radius 2 is 2.19 bits per heavy atom. The molecule has 0 bridgehead atoms. The molecule has 1 heterocycles. The van der Waals surface area contributed by atoms with Gasteiger partial charge in [0.2, 0.25) is 0 Å². The smallest absolute Gasteiger partial charge is 0.124 e. The molecule has 118 valence electrons. The summed E-state index contributed by atoms with van der Waals surface area (Å²) in [6.07, 6.45) is 2.29. The van der Waals surface area contributed by atoms with Gasteiger partial charge in [0.15, 0.2) is 0 Å². The number of rotatable bonds is 7. The van der Waals surface area contributed by atoms with E-state index >= 15 is 0 Å². The Bertz CT molecular complexity index is 455. The molecule has 2 atom stereocenters. The van der Waals surface area contributed by atoms with E-state index in [4.69, 9.17) is 14.2 Å². The van der Waals surface area contributed by atoms with Crippen molar-refractivity contribution in [1.82, 2.24) is 5.32 Å². The minimum absolute atomic E-state index is 0.0178. The zero-order valence-corrected chi connectivity index (χ0v) is 13.6. The predicted octanol–water partition coefficient (Wildman–Crippen LogP) is 3.06. The number of hydrogen-bond acceptors (Lipinski definition) is 4. The van der Waals surface area contributed by atoms with Gasteiger partial charge in [0.25, 0.3) is 0 Å². The van der Waals surface area contributed by atoms with E-state index in [9.17, 15) is 0 Å². The van der Waals surface area contributed by atoms with Crippen LogP contribution in [-0.2, 0) is 16.1 Å². The third kappa shape index (κ3) is 4.19. The molecule has 1 saturated heterocycles. The summed E-state index contributed by atoms with van der Waals surface area (Å²) in [6.45, 7) is 6.68. The topological polar surface area (TPSA) is 39.7 Å². The van der Waals surface area contributed by atoms with E-state index in [2.05, 4.69) is 31.3 Å². The summed E-state index contributed by atoms with van der Waals surface area (Å²) in [5, 5.41) is 3.58. The number of methoxy groups -OCH3 is 2. The lowest BCUT2D eigenvalue weighted by Crippen LogP contribution is -2.38. The van der Waals surface area contributed by atoms with Gasteiger partial charge in [0.1, 0.15) is 5.75 Å². The number of nitrogens with one attached hydrogen (secondary N) is 1. The van der Waals surface area contributed by atoms with Gasteiger partial charge < -0.3 is 19.5 Å². The summed E-state index contributed by atoms with van der Waals surface area (Å²) >= 11 is 0. The molecule has 1 aromatic rings. The summed E-state index contributed by atoms with van der Waals surface area (Å²) in [7, 11) is 3.39. The Kier molecular flexibility index (Phi) is 5.62. The molecule has 0 radical (unpaired) electrons. The highest BCUT2D eigenvalue weighted by atomic mass is 16.5. The van der Waals surface area contributed by atoms with E-state index in [1.54, 1.807) is 14.2 Å². The molecule has 2 unspecified atom stereocenters. The van der Waals surface area contributed by atoms with Crippen LogP contribution in [-0.4, -0.2) is 33.0 Å². The first-order valence-electron chi connectivity index (χ1n) is 7.61. The molecular formula is C17H27NO3. The van der Waals surface area contributed by atoms with Crippen LogP contribution in [0.15, 0.2) is 18.2 Å². The van der Waals surface area contributed by atoms with Gasteiger partial charge in [-0.05, 0) is 44.4 Å². The van der Waals surface area contributed by atoms with Gasteiger partial charge in [0, 0.05) is 31.9 Å². The largest absolute Gasteiger partial charge is 0.496 e. The molecule has 0 saturated carbocycles. The minimum atomic E-state index is -0.0178. The van der Waals surface area contributed by atoms with E-state index < -0.39 is 0 Å². The molecule has 1 N–H and O–H groups in total. The van der Waals surface area contributed by atoms with Crippen LogP contribution >= 0.6 is 0 Å². The van der Waals surface area contributed by atoms with Gasteiger partial charge >= 0.3 is 0 Å². The van der Waals surface area contributed by atoms with Gasteiger partial charge in [-0.25, -0.2) is 0 Å². The molecule has 21 heavy (non-hydrogen) atoms. The first-order chi connectivity index (χ1) is 10.1. The average molecular weight is 293 g/mol. The molecule has 2 rings (SSSR count). The van der Waals surface area contributed by atoms with Gasteiger partial charge in [-0.15, -0.1) is 0 Å². The molecule has 4 heteroatoms. The maximum Gasteiger partial charge on any atom is 0.124 e. The summed E-state index contributed by atoms with van der Waals surface area (Å²) in [5.41, 5.74) is 2.30. The van der Waals surface area contributed by atoms with Crippen molar-refractivity contribution in [2.75, 3.05) is 27.4 Å². The molecule has 0 amide bonds. The zero-order chi connectivity index (χ0) is 15.3. The van der Waals surface area contributed by atoms with Crippen molar-refractivity contribution < 1.29 is 14.2 Å². The second kappa shape index (κ2) is 7.25. The first-order valence-corrected chi connectivity index (χ1v) is 7.61. The van der Waals surface area contributed by atoms with Crippen molar-refractivity contribution in [2.24, 2.45) is 0 Å². The number of hydrogen-bond donors (Lipinski definition) is 1. The first kappa shape index (κ1) is 16.3. The van der Waals surface area contributed by atoms with Gasteiger partial charge in [-0.1, -0.05) is 6.07 Å². The predicted molar refractivity (Wildman–Crippen MR) is 83.7 cm³/mol. The zero-order valence-electron chi connectivity index (χ0n) is 13.6. The molecule has 0 aromatic heterocycles. The minimum Gasteiger partial charge on any atom is -0.496 e.